The van der Waals surface area contributed by atoms with Gasteiger partial charge in [0.25, 0.3) is 0 Å². The normalized spacial score (nSPS) is 20.7. The molecule has 72 valence electrons. The number of allylic oxidation sites excluding steroid dienone is 3. The Hall–Kier alpha value is -0.890. The zero-order chi connectivity index (χ0) is 9.54. The molecule has 0 atom stereocenters. The molecule has 1 heterocycles. The van der Waals surface area contributed by atoms with Crippen LogP contribution >= 0.6 is 11.5 Å². The molecule has 1 aromatic rings. The van der Waals surface area contributed by atoms with Crippen molar-refractivity contribution in [1.29, 1.82) is 0 Å². The van der Waals surface area contributed by atoms with Gasteiger partial charge >= 0.3 is 0 Å². The van der Waals surface area contributed by atoms with E-state index in [4.69, 9.17) is 0 Å². The second-order valence-corrected chi connectivity index (χ2v) is 4.99. The van der Waals surface area contributed by atoms with E-state index in [-0.39, 0.29) is 0 Å². The van der Waals surface area contributed by atoms with E-state index in [0.717, 1.165) is 6.42 Å². The van der Waals surface area contributed by atoms with Crippen LogP contribution in [-0.2, 0) is 6.42 Å². The van der Waals surface area contributed by atoms with Gasteiger partial charge in [-0.15, -0.1) is 0 Å². The van der Waals surface area contributed by atoms with Crippen molar-refractivity contribution in [3.05, 3.63) is 34.4 Å². The van der Waals surface area contributed by atoms with Crippen LogP contribution in [0.1, 0.15) is 36.1 Å². The summed E-state index contributed by atoms with van der Waals surface area (Å²) in [7, 11) is 0. The predicted molar refractivity (Wildman–Crippen MR) is 60.3 cm³/mol. The maximum Gasteiger partial charge on any atom is 0.0488 e. The number of hydrogen-bond donors (Lipinski definition) is 0. The third-order valence-electron chi connectivity index (χ3n) is 3.29. The van der Waals surface area contributed by atoms with Gasteiger partial charge in [-0.1, -0.05) is 12.2 Å². The Kier molecular flexibility index (Phi) is 1.84. The van der Waals surface area contributed by atoms with Gasteiger partial charge in [0.1, 0.15) is 0 Å². The van der Waals surface area contributed by atoms with Crippen LogP contribution in [0.15, 0.2) is 23.9 Å². The molecule has 0 spiro atoms. The summed E-state index contributed by atoms with van der Waals surface area (Å²) in [5.74, 6) is 0. The molecule has 0 saturated heterocycles. The third-order valence-corrected chi connectivity index (χ3v) is 4.09. The van der Waals surface area contributed by atoms with Gasteiger partial charge < -0.3 is 0 Å². The van der Waals surface area contributed by atoms with Gasteiger partial charge in [-0.25, -0.2) is 4.37 Å². The molecule has 0 unspecified atom stereocenters. The molecule has 0 aliphatic heterocycles. The summed E-state index contributed by atoms with van der Waals surface area (Å²) in [5.41, 5.74) is 5.76. The highest BCUT2D eigenvalue weighted by Gasteiger charge is 2.24. The molecule has 0 aromatic carbocycles. The predicted octanol–water partition coefficient (Wildman–Crippen LogP) is 3.58. The molecule has 14 heavy (non-hydrogen) atoms. The average Bonchev–Trinajstić information content (AvgIpc) is 2.66. The molecule has 0 amide bonds. The van der Waals surface area contributed by atoms with Gasteiger partial charge in [-0.05, 0) is 48.4 Å². The minimum absolute atomic E-state index is 1.15. The monoisotopic (exact) mass is 203 g/mol. The number of rotatable bonds is 0. The Morgan fingerprint density at radius 3 is 3.07 bits per heavy atom. The molecule has 2 aliphatic carbocycles. The van der Waals surface area contributed by atoms with Gasteiger partial charge in [-0.3, -0.25) is 0 Å². The largest absolute Gasteiger partial charge is 0.200 e. The summed E-state index contributed by atoms with van der Waals surface area (Å²) in [6.07, 6.45) is 8.36. The summed E-state index contributed by atoms with van der Waals surface area (Å²) in [5, 5.41) is 0. The molecule has 2 aliphatic rings. The van der Waals surface area contributed by atoms with Crippen LogP contribution in [0.5, 0.6) is 0 Å². The molecular weight excluding hydrogens is 190 g/mol. The molecule has 3 rings (SSSR count). The van der Waals surface area contributed by atoms with E-state index in [1.807, 2.05) is 6.20 Å². The molecule has 2 heteroatoms. The zero-order valence-electron chi connectivity index (χ0n) is 8.18. The summed E-state index contributed by atoms with van der Waals surface area (Å²) in [4.78, 5) is 1.43. The smallest absolute Gasteiger partial charge is 0.0488 e. The van der Waals surface area contributed by atoms with Gasteiger partial charge in [0.15, 0.2) is 0 Å². The van der Waals surface area contributed by atoms with Gasteiger partial charge in [-0.2, -0.15) is 0 Å². The third kappa shape index (κ3) is 1.10. The number of aromatic nitrogens is 1. The molecule has 0 radical (unpaired) electrons. The van der Waals surface area contributed by atoms with Crippen molar-refractivity contribution in [3.63, 3.8) is 0 Å². The van der Waals surface area contributed by atoms with Crippen molar-refractivity contribution in [2.45, 2.75) is 32.1 Å². The van der Waals surface area contributed by atoms with Crippen molar-refractivity contribution < 1.29 is 0 Å². The first-order valence-electron chi connectivity index (χ1n) is 5.20. The summed E-state index contributed by atoms with van der Waals surface area (Å²) >= 11 is 1.64. The molecule has 0 saturated carbocycles. The minimum atomic E-state index is 1.15. The first-order valence-corrected chi connectivity index (χ1v) is 5.97. The van der Waals surface area contributed by atoms with Crippen molar-refractivity contribution in [2.75, 3.05) is 0 Å². The van der Waals surface area contributed by atoms with Crippen molar-refractivity contribution in [3.8, 4) is 0 Å². The first kappa shape index (κ1) is 8.42. The maximum atomic E-state index is 4.27. The fraction of sp³-hybridized carbons (Fsp3) is 0.417. The van der Waals surface area contributed by atoms with E-state index in [2.05, 4.69) is 11.0 Å². The zero-order valence-corrected chi connectivity index (χ0v) is 8.99. The van der Waals surface area contributed by atoms with Crippen LogP contribution in [0.3, 0.4) is 0 Å². The highest BCUT2D eigenvalue weighted by molar-refractivity contribution is 7.06. The van der Waals surface area contributed by atoms with Gasteiger partial charge in [0.05, 0.1) is 0 Å². The summed E-state index contributed by atoms with van der Waals surface area (Å²) < 4.78 is 4.27. The Balaban J connectivity index is 2.10. The van der Waals surface area contributed by atoms with E-state index in [1.165, 1.54) is 41.7 Å². The quantitative estimate of drug-likeness (QED) is 0.628. The summed E-state index contributed by atoms with van der Waals surface area (Å²) in [6.45, 7) is 4.22. The van der Waals surface area contributed by atoms with Crippen molar-refractivity contribution in [1.82, 2.24) is 4.37 Å². The second kappa shape index (κ2) is 3.06. The van der Waals surface area contributed by atoms with Gasteiger partial charge in [0, 0.05) is 23.1 Å². The number of fused-ring (bicyclic) bond motifs is 1. The fourth-order valence-corrected chi connectivity index (χ4v) is 3.32. The van der Waals surface area contributed by atoms with Crippen LogP contribution < -0.4 is 0 Å². The lowest BCUT2D eigenvalue weighted by Gasteiger charge is -2.26. The first-order chi connectivity index (χ1) is 6.86. The topological polar surface area (TPSA) is 12.9 Å². The van der Waals surface area contributed by atoms with Crippen LogP contribution in [0.25, 0.3) is 5.57 Å². The van der Waals surface area contributed by atoms with Gasteiger partial charge in [0.2, 0.25) is 0 Å². The molecule has 0 bridgehead atoms. The Labute approximate surface area is 88.3 Å². The van der Waals surface area contributed by atoms with Crippen LogP contribution in [0, 0.1) is 0 Å². The van der Waals surface area contributed by atoms with Crippen molar-refractivity contribution in [2.24, 2.45) is 0 Å². The summed E-state index contributed by atoms with van der Waals surface area (Å²) in [6, 6.07) is 0. The van der Waals surface area contributed by atoms with E-state index in [0.29, 0.717) is 0 Å². The SMILES string of the molecule is C=C1C2=C(CCCC2)Cc2sncc21. The standard InChI is InChI=1S/C12H13NS/c1-8-10-5-3-2-4-9(10)6-12-11(8)7-13-14-12/h7H,1-6H2. The Bertz CT molecular complexity index is 425. The Morgan fingerprint density at radius 2 is 2.14 bits per heavy atom. The van der Waals surface area contributed by atoms with E-state index < -0.39 is 0 Å². The average molecular weight is 203 g/mol. The van der Waals surface area contributed by atoms with E-state index >= 15 is 0 Å². The van der Waals surface area contributed by atoms with E-state index in [1.54, 1.807) is 22.7 Å². The second-order valence-electron chi connectivity index (χ2n) is 4.11. The van der Waals surface area contributed by atoms with E-state index in [9.17, 15) is 0 Å². The molecule has 1 aromatic heterocycles. The molecular formula is C12H13NS. The number of nitrogens with zero attached hydrogens (tertiary/aromatic N) is 1. The lowest BCUT2D eigenvalue weighted by Crippen LogP contribution is -2.09. The lowest BCUT2D eigenvalue weighted by molar-refractivity contribution is 0.670. The highest BCUT2D eigenvalue weighted by Crippen LogP contribution is 2.42. The molecule has 0 N–H and O–H groups in total. The van der Waals surface area contributed by atoms with Crippen LogP contribution in [0.2, 0.25) is 0 Å². The minimum Gasteiger partial charge on any atom is -0.200 e. The highest BCUT2D eigenvalue weighted by atomic mass is 32.1. The maximum absolute atomic E-state index is 4.27. The van der Waals surface area contributed by atoms with Crippen molar-refractivity contribution >= 4 is 17.1 Å². The van der Waals surface area contributed by atoms with Crippen LogP contribution in [-0.4, -0.2) is 4.37 Å². The number of hydrogen-bond acceptors (Lipinski definition) is 2. The molecule has 1 nitrogen and oxygen atoms in total. The Morgan fingerprint density at radius 1 is 1.29 bits per heavy atom. The lowest BCUT2D eigenvalue weighted by atomic mass is 9.80. The molecule has 0 fully saturated rings. The van der Waals surface area contributed by atoms with Crippen LogP contribution in [0.4, 0.5) is 0 Å². The fourth-order valence-electron chi connectivity index (χ4n) is 2.52.